The predicted octanol–water partition coefficient (Wildman–Crippen LogP) is 15.8. The molecule has 61 heavy (non-hydrogen) atoms. The van der Waals surface area contributed by atoms with Gasteiger partial charge in [0.15, 0.2) is 0 Å². The minimum atomic E-state index is -0.543. The Morgan fingerprint density at radius 3 is 1.34 bits per heavy atom. The van der Waals surface area contributed by atoms with Crippen molar-refractivity contribution in [1.82, 2.24) is 0 Å². The lowest BCUT2D eigenvalue weighted by molar-refractivity contribution is 0.794. The highest BCUT2D eigenvalue weighted by Gasteiger charge is 2.52. The number of hydrogen-bond donors (Lipinski definition) is 0. The minimum Gasteiger partial charge on any atom is -0.310 e. The van der Waals surface area contributed by atoms with Gasteiger partial charge in [0, 0.05) is 33.8 Å². The maximum absolute atomic E-state index is 2.52. The van der Waals surface area contributed by atoms with E-state index in [9.17, 15) is 0 Å². The van der Waals surface area contributed by atoms with E-state index in [2.05, 4.69) is 252 Å². The van der Waals surface area contributed by atoms with Crippen molar-refractivity contribution >= 4 is 44.9 Å². The first kappa shape index (κ1) is 35.0. The molecule has 1 atom stereocenters. The molecule has 2 nitrogen and oxygen atoms in total. The maximum Gasteiger partial charge on any atom is 0.0726 e. The summed E-state index contributed by atoms with van der Waals surface area (Å²) in [6.07, 6.45) is 0. The van der Waals surface area contributed by atoms with Gasteiger partial charge in [0.25, 0.3) is 0 Å². The smallest absolute Gasteiger partial charge is 0.0726 e. The van der Waals surface area contributed by atoms with E-state index in [0.717, 1.165) is 34.1 Å². The quantitative estimate of drug-likeness (QED) is 0.159. The third kappa shape index (κ3) is 5.36. The van der Waals surface area contributed by atoms with Gasteiger partial charge in [-0.3, -0.25) is 0 Å². The van der Waals surface area contributed by atoms with Crippen molar-refractivity contribution in [3.05, 3.63) is 265 Å². The lowest BCUT2D eigenvalue weighted by Crippen LogP contribution is -2.26. The third-order valence-corrected chi connectivity index (χ3v) is 12.8. The standard InChI is InChI=1S/C59H40N2/c1-5-19-41(20-6-1)42-33-35-46(36-34-42)61(45-25-11-4-12-26-45)57-40-56-58(50-29-14-13-28-49(50)57)51-30-16-18-32-54(51)59(56)53-31-17-15-27-48(53)52-39-47(37-38-55(52)59)60(43-21-7-2-8-22-43)44-23-9-3-10-24-44/h1-40H. The summed E-state index contributed by atoms with van der Waals surface area (Å²) in [5, 5.41) is 2.47. The van der Waals surface area contributed by atoms with Gasteiger partial charge in [0.2, 0.25) is 0 Å². The van der Waals surface area contributed by atoms with Gasteiger partial charge in [-0.15, -0.1) is 0 Å². The van der Waals surface area contributed by atoms with E-state index in [1.807, 2.05) is 0 Å². The van der Waals surface area contributed by atoms with Gasteiger partial charge in [-0.05, 0) is 128 Å². The van der Waals surface area contributed by atoms with Crippen molar-refractivity contribution in [2.24, 2.45) is 0 Å². The topological polar surface area (TPSA) is 6.48 Å². The maximum atomic E-state index is 2.52. The molecule has 2 aliphatic carbocycles. The summed E-state index contributed by atoms with van der Waals surface area (Å²) in [5.41, 5.74) is 19.0. The molecule has 0 radical (unpaired) electrons. The van der Waals surface area contributed by atoms with E-state index in [1.165, 1.54) is 66.4 Å². The van der Waals surface area contributed by atoms with Crippen molar-refractivity contribution in [3.8, 4) is 33.4 Å². The van der Waals surface area contributed by atoms with E-state index in [4.69, 9.17) is 0 Å². The van der Waals surface area contributed by atoms with E-state index in [-0.39, 0.29) is 0 Å². The molecule has 1 spiro atoms. The van der Waals surface area contributed by atoms with Gasteiger partial charge >= 0.3 is 0 Å². The van der Waals surface area contributed by atoms with Crippen molar-refractivity contribution in [2.45, 2.75) is 5.41 Å². The zero-order chi connectivity index (χ0) is 40.3. The molecule has 2 aliphatic rings. The second-order valence-corrected chi connectivity index (χ2v) is 16.0. The van der Waals surface area contributed by atoms with Crippen molar-refractivity contribution in [3.63, 3.8) is 0 Å². The summed E-state index contributed by atoms with van der Waals surface area (Å²) < 4.78 is 0. The number of hydrogen-bond acceptors (Lipinski definition) is 2. The van der Waals surface area contributed by atoms with Crippen LogP contribution in [0.15, 0.2) is 243 Å². The molecule has 0 fully saturated rings. The Labute approximate surface area is 356 Å². The largest absolute Gasteiger partial charge is 0.310 e. The molecule has 0 aromatic heterocycles. The molecule has 10 aromatic carbocycles. The van der Waals surface area contributed by atoms with Crippen LogP contribution in [0.2, 0.25) is 0 Å². The van der Waals surface area contributed by atoms with Crippen LogP contribution in [0.4, 0.5) is 34.1 Å². The molecular weight excluding hydrogens is 737 g/mol. The molecule has 0 heterocycles. The fourth-order valence-electron chi connectivity index (χ4n) is 10.3. The van der Waals surface area contributed by atoms with Gasteiger partial charge < -0.3 is 9.80 Å². The van der Waals surface area contributed by atoms with Crippen molar-refractivity contribution in [1.29, 1.82) is 0 Å². The van der Waals surface area contributed by atoms with E-state index >= 15 is 0 Å². The lowest BCUT2D eigenvalue weighted by atomic mass is 9.70. The molecular formula is C59H40N2. The second kappa shape index (κ2) is 14.1. The zero-order valence-electron chi connectivity index (χ0n) is 33.5. The summed E-state index contributed by atoms with van der Waals surface area (Å²) in [4.78, 5) is 4.83. The number of fused-ring (bicyclic) bond motifs is 12. The monoisotopic (exact) mass is 776 g/mol. The van der Waals surface area contributed by atoms with Gasteiger partial charge in [-0.2, -0.15) is 0 Å². The van der Waals surface area contributed by atoms with Crippen LogP contribution in [0.1, 0.15) is 22.3 Å². The van der Waals surface area contributed by atoms with Gasteiger partial charge in [0.1, 0.15) is 0 Å². The first-order valence-corrected chi connectivity index (χ1v) is 21.1. The number of para-hydroxylation sites is 3. The van der Waals surface area contributed by atoms with Gasteiger partial charge in [0.05, 0.1) is 11.1 Å². The minimum absolute atomic E-state index is 0.543. The molecule has 1 unspecified atom stereocenters. The van der Waals surface area contributed by atoms with E-state index in [1.54, 1.807) is 0 Å². The molecule has 0 aliphatic heterocycles. The Bertz CT molecular complexity index is 3190. The summed E-state index contributed by atoms with van der Waals surface area (Å²) in [7, 11) is 0. The highest BCUT2D eigenvalue weighted by Crippen LogP contribution is 2.65. The predicted molar refractivity (Wildman–Crippen MR) is 255 cm³/mol. The Morgan fingerprint density at radius 1 is 0.262 bits per heavy atom. The number of rotatable bonds is 7. The number of benzene rings is 10. The average Bonchev–Trinajstić information content (AvgIpc) is 3.80. The summed E-state index contributed by atoms with van der Waals surface area (Å²) >= 11 is 0. The number of nitrogens with zero attached hydrogens (tertiary/aromatic N) is 2. The van der Waals surface area contributed by atoms with Crippen LogP contribution in [-0.2, 0) is 5.41 Å². The molecule has 12 rings (SSSR count). The Kier molecular flexibility index (Phi) is 8.11. The van der Waals surface area contributed by atoms with Crippen LogP contribution in [0.25, 0.3) is 44.2 Å². The van der Waals surface area contributed by atoms with Gasteiger partial charge in [-0.25, -0.2) is 0 Å². The average molecular weight is 777 g/mol. The highest BCUT2D eigenvalue weighted by molar-refractivity contribution is 6.12. The van der Waals surface area contributed by atoms with Crippen LogP contribution in [-0.4, -0.2) is 0 Å². The third-order valence-electron chi connectivity index (χ3n) is 12.8. The zero-order valence-corrected chi connectivity index (χ0v) is 33.5. The molecule has 0 N–H and O–H groups in total. The molecule has 286 valence electrons. The van der Waals surface area contributed by atoms with Crippen LogP contribution in [0.5, 0.6) is 0 Å². The Morgan fingerprint density at radius 2 is 0.705 bits per heavy atom. The molecule has 0 saturated carbocycles. The second-order valence-electron chi connectivity index (χ2n) is 16.0. The molecule has 2 heteroatoms. The summed E-state index contributed by atoms with van der Waals surface area (Å²) in [6, 6.07) is 88.9. The molecule has 0 saturated heterocycles. The van der Waals surface area contributed by atoms with Crippen molar-refractivity contribution in [2.75, 3.05) is 9.80 Å². The van der Waals surface area contributed by atoms with E-state index < -0.39 is 5.41 Å². The molecule has 0 bridgehead atoms. The fourth-order valence-corrected chi connectivity index (χ4v) is 10.3. The van der Waals surface area contributed by atoms with Gasteiger partial charge in [-0.1, -0.05) is 176 Å². The van der Waals surface area contributed by atoms with Crippen LogP contribution < -0.4 is 9.80 Å². The van der Waals surface area contributed by atoms with E-state index in [0.29, 0.717) is 0 Å². The van der Waals surface area contributed by atoms with Crippen LogP contribution >= 0.6 is 0 Å². The van der Waals surface area contributed by atoms with Crippen LogP contribution in [0, 0.1) is 0 Å². The molecule has 10 aromatic rings. The lowest BCUT2D eigenvalue weighted by Gasteiger charge is -2.33. The summed E-state index contributed by atoms with van der Waals surface area (Å²) in [6.45, 7) is 0. The fraction of sp³-hybridized carbons (Fsp3) is 0.0169. The summed E-state index contributed by atoms with van der Waals surface area (Å²) in [5.74, 6) is 0. The number of anilines is 6. The molecule has 0 amide bonds. The first-order valence-electron chi connectivity index (χ1n) is 21.1. The Balaban J connectivity index is 1.13. The highest BCUT2D eigenvalue weighted by atomic mass is 15.1. The SMILES string of the molecule is c1ccc(-c2ccc(N(c3ccccc3)c3cc4c(c5ccccc35)-c3ccccc3C43c4ccccc4-c4cc(N(c5ccccc5)c5ccccc5)ccc43)cc2)cc1. The first-order chi connectivity index (χ1) is 30.3. The Hall–Kier alpha value is -7.94. The van der Waals surface area contributed by atoms with Crippen molar-refractivity contribution < 1.29 is 0 Å². The normalized spacial score (nSPS) is 14.3. The van der Waals surface area contributed by atoms with Crippen LogP contribution in [0.3, 0.4) is 0 Å².